The van der Waals surface area contributed by atoms with Crippen molar-refractivity contribution in [3.05, 3.63) is 0 Å². The molecule has 0 aromatic carbocycles. The fraction of sp³-hybridized carbons (Fsp3) is 0.818. The number of carbonyl (C=O) groups excluding carboxylic acids is 2. The Hall–Kier alpha value is -1.11. The van der Waals surface area contributed by atoms with Crippen molar-refractivity contribution in [1.82, 2.24) is 10.2 Å². The normalized spacial score (nSPS) is 27.7. The third-order valence-corrected chi connectivity index (χ3v) is 5.29. The van der Waals surface area contributed by atoms with Crippen molar-refractivity contribution in [2.24, 2.45) is 5.92 Å². The van der Waals surface area contributed by atoms with Gasteiger partial charge >= 0.3 is 0 Å². The Morgan fingerprint density at radius 1 is 1.39 bits per heavy atom. The van der Waals surface area contributed by atoms with Crippen LogP contribution in [0, 0.1) is 5.92 Å². The molecule has 0 radical (unpaired) electrons. The SMILES string of the molecule is O=C1CCN(C(=O)CC2CCS(=O)(=O)C2)CCN1. The third-order valence-electron chi connectivity index (χ3n) is 3.46. The summed E-state index contributed by atoms with van der Waals surface area (Å²) in [5.74, 6) is 0.214. The molecule has 2 heterocycles. The molecule has 1 unspecified atom stereocenters. The average molecular weight is 274 g/mol. The number of amides is 2. The highest BCUT2D eigenvalue weighted by Crippen LogP contribution is 2.22. The monoisotopic (exact) mass is 274 g/mol. The fourth-order valence-corrected chi connectivity index (χ4v) is 4.29. The molecule has 2 aliphatic heterocycles. The summed E-state index contributed by atoms with van der Waals surface area (Å²) in [6.07, 6.45) is 1.20. The zero-order valence-electron chi connectivity index (χ0n) is 10.2. The van der Waals surface area contributed by atoms with Crippen LogP contribution in [0.1, 0.15) is 19.3 Å². The van der Waals surface area contributed by atoms with Gasteiger partial charge in [0.1, 0.15) is 0 Å². The van der Waals surface area contributed by atoms with Crippen LogP contribution in [-0.2, 0) is 19.4 Å². The van der Waals surface area contributed by atoms with Crippen LogP contribution in [0.25, 0.3) is 0 Å². The predicted molar refractivity (Wildman–Crippen MR) is 65.6 cm³/mol. The van der Waals surface area contributed by atoms with Crippen molar-refractivity contribution >= 4 is 21.7 Å². The number of hydrogen-bond acceptors (Lipinski definition) is 4. The Morgan fingerprint density at radius 2 is 2.17 bits per heavy atom. The van der Waals surface area contributed by atoms with Gasteiger partial charge < -0.3 is 10.2 Å². The van der Waals surface area contributed by atoms with Crippen molar-refractivity contribution in [2.75, 3.05) is 31.1 Å². The maximum absolute atomic E-state index is 12.0. The van der Waals surface area contributed by atoms with Crippen molar-refractivity contribution in [3.8, 4) is 0 Å². The quantitative estimate of drug-likeness (QED) is 0.711. The van der Waals surface area contributed by atoms with E-state index in [-0.39, 0.29) is 35.7 Å². The lowest BCUT2D eigenvalue weighted by atomic mass is 10.0. The van der Waals surface area contributed by atoms with Crippen LogP contribution < -0.4 is 5.32 Å². The second kappa shape index (κ2) is 5.26. The molecular weight excluding hydrogens is 256 g/mol. The van der Waals surface area contributed by atoms with Crippen LogP contribution in [0.4, 0.5) is 0 Å². The van der Waals surface area contributed by atoms with E-state index in [2.05, 4.69) is 5.32 Å². The highest BCUT2D eigenvalue weighted by molar-refractivity contribution is 7.91. The zero-order chi connectivity index (χ0) is 13.2. The lowest BCUT2D eigenvalue weighted by Crippen LogP contribution is -2.35. The predicted octanol–water partition coefficient (Wildman–Crippen LogP) is -0.840. The van der Waals surface area contributed by atoms with Gasteiger partial charge in [-0.05, 0) is 12.3 Å². The van der Waals surface area contributed by atoms with Gasteiger partial charge in [-0.1, -0.05) is 0 Å². The van der Waals surface area contributed by atoms with Gasteiger partial charge in [-0.15, -0.1) is 0 Å². The minimum absolute atomic E-state index is 0.0336. The van der Waals surface area contributed by atoms with E-state index in [0.29, 0.717) is 32.5 Å². The van der Waals surface area contributed by atoms with Gasteiger partial charge in [0.15, 0.2) is 9.84 Å². The Morgan fingerprint density at radius 3 is 2.83 bits per heavy atom. The number of sulfone groups is 1. The summed E-state index contributed by atoms with van der Waals surface area (Å²) in [5.41, 5.74) is 0. The van der Waals surface area contributed by atoms with Crippen LogP contribution in [0.2, 0.25) is 0 Å². The van der Waals surface area contributed by atoms with Crippen molar-refractivity contribution < 1.29 is 18.0 Å². The molecule has 0 saturated carbocycles. The molecule has 7 heteroatoms. The van der Waals surface area contributed by atoms with E-state index in [1.54, 1.807) is 4.90 Å². The number of hydrogen-bond donors (Lipinski definition) is 1. The first kappa shape index (κ1) is 13.3. The molecule has 0 aromatic heterocycles. The van der Waals surface area contributed by atoms with E-state index < -0.39 is 9.84 Å². The molecular formula is C11H18N2O4S. The maximum atomic E-state index is 12.0. The van der Waals surface area contributed by atoms with Crippen LogP contribution in [0.5, 0.6) is 0 Å². The summed E-state index contributed by atoms with van der Waals surface area (Å²) in [6, 6.07) is 0. The largest absolute Gasteiger partial charge is 0.354 e. The molecule has 102 valence electrons. The van der Waals surface area contributed by atoms with Crippen LogP contribution in [0.3, 0.4) is 0 Å². The minimum Gasteiger partial charge on any atom is -0.354 e. The Balaban J connectivity index is 1.86. The molecule has 0 aromatic rings. The van der Waals surface area contributed by atoms with E-state index in [0.717, 1.165) is 0 Å². The van der Waals surface area contributed by atoms with E-state index in [1.807, 2.05) is 0 Å². The molecule has 0 aliphatic carbocycles. The summed E-state index contributed by atoms with van der Waals surface area (Å²) < 4.78 is 22.6. The summed E-state index contributed by atoms with van der Waals surface area (Å²) in [5, 5.41) is 2.71. The maximum Gasteiger partial charge on any atom is 0.222 e. The van der Waals surface area contributed by atoms with E-state index in [1.165, 1.54) is 0 Å². The Labute approximate surface area is 107 Å². The number of nitrogens with one attached hydrogen (secondary N) is 1. The lowest BCUT2D eigenvalue weighted by Gasteiger charge is -2.21. The lowest BCUT2D eigenvalue weighted by molar-refractivity contribution is -0.131. The van der Waals surface area contributed by atoms with Gasteiger partial charge in [0.05, 0.1) is 11.5 Å². The van der Waals surface area contributed by atoms with Gasteiger partial charge in [0, 0.05) is 32.5 Å². The summed E-state index contributed by atoms with van der Waals surface area (Å²) in [4.78, 5) is 24.8. The molecule has 6 nitrogen and oxygen atoms in total. The average Bonchev–Trinajstić information content (AvgIpc) is 2.50. The van der Waals surface area contributed by atoms with Gasteiger partial charge in [-0.25, -0.2) is 8.42 Å². The first-order valence-electron chi connectivity index (χ1n) is 6.21. The molecule has 1 N–H and O–H groups in total. The molecule has 2 fully saturated rings. The molecule has 2 saturated heterocycles. The molecule has 2 amide bonds. The molecule has 0 bridgehead atoms. The highest BCUT2D eigenvalue weighted by atomic mass is 32.2. The summed E-state index contributed by atoms with van der Waals surface area (Å²) in [6.45, 7) is 1.43. The second-order valence-corrected chi connectivity index (χ2v) is 7.18. The molecule has 2 rings (SSSR count). The van der Waals surface area contributed by atoms with Crippen molar-refractivity contribution in [1.29, 1.82) is 0 Å². The Kier molecular flexibility index (Phi) is 3.89. The first-order valence-corrected chi connectivity index (χ1v) is 8.03. The third kappa shape index (κ3) is 3.44. The minimum atomic E-state index is -2.92. The number of nitrogens with zero attached hydrogens (tertiary/aromatic N) is 1. The number of rotatable bonds is 2. The van der Waals surface area contributed by atoms with Gasteiger partial charge in [0.25, 0.3) is 0 Å². The van der Waals surface area contributed by atoms with Crippen LogP contribution in [-0.4, -0.2) is 56.3 Å². The van der Waals surface area contributed by atoms with Gasteiger partial charge in [-0.3, -0.25) is 9.59 Å². The van der Waals surface area contributed by atoms with E-state index in [9.17, 15) is 18.0 Å². The summed E-state index contributed by atoms with van der Waals surface area (Å²) >= 11 is 0. The van der Waals surface area contributed by atoms with E-state index in [4.69, 9.17) is 0 Å². The highest BCUT2D eigenvalue weighted by Gasteiger charge is 2.31. The Bertz CT molecular complexity index is 446. The topological polar surface area (TPSA) is 83.6 Å². The zero-order valence-corrected chi connectivity index (χ0v) is 11.0. The number of carbonyl (C=O) groups is 2. The standard InChI is InChI=1S/C11H18N2O4S/c14-10-1-4-13(5-3-12-10)11(15)7-9-2-6-18(16,17)8-9/h9H,1-8H2,(H,12,14). The van der Waals surface area contributed by atoms with Gasteiger partial charge in [-0.2, -0.15) is 0 Å². The fourth-order valence-electron chi connectivity index (χ4n) is 2.43. The first-order chi connectivity index (χ1) is 8.46. The molecule has 18 heavy (non-hydrogen) atoms. The molecule has 1 atom stereocenters. The van der Waals surface area contributed by atoms with Crippen molar-refractivity contribution in [2.45, 2.75) is 19.3 Å². The smallest absolute Gasteiger partial charge is 0.222 e. The van der Waals surface area contributed by atoms with Gasteiger partial charge in [0.2, 0.25) is 11.8 Å². The van der Waals surface area contributed by atoms with Crippen LogP contribution in [0.15, 0.2) is 0 Å². The summed E-state index contributed by atoms with van der Waals surface area (Å²) in [7, 11) is -2.92. The second-order valence-electron chi connectivity index (χ2n) is 4.95. The van der Waals surface area contributed by atoms with E-state index >= 15 is 0 Å². The van der Waals surface area contributed by atoms with Crippen LogP contribution >= 0.6 is 0 Å². The molecule has 2 aliphatic rings. The molecule has 0 spiro atoms. The van der Waals surface area contributed by atoms with Crippen molar-refractivity contribution in [3.63, 3.8) is 0 Å².